The van der Waals surface area contributed by atoms with Crippen molar-refractivity contribution in [2.24, 2.45) is 5.92 Å². The van der Waals surface area contributed by atoms with Crippen LogP contribution in [0.1, 0.15) is 50.1 Å². The molecule has 3 heterocycles. The van der Waals surface area contributed by atoms with Gasteiger partial charge in [-0.3, -0.25) is 4.79 Å². The molecule has 8 nitrogen and oxygen atoms in total. The molecule has 3 aliphatic rings. The van der Waals surface area contributed by atoms with Gasteiger partial charge in [-0.1, -0.05) is 37.5 Å². The van der Waals surface area contributed by atoms with Crippen LogP contribution >= 0.6 is 0 Å². The third-order valence-electron chi connectivity index (χ3n) is 7.13. The molecule has 2 atom stereocenters. The average Bonchev–Trinajstić information content (AvgIpc) is 2.82. The van der Waals surface area contributed by atoms with Crippen molar-refractivity contribution in [1.82, 2.24) is 14.2 Å². The van der Waals surface area contributed by atoms with E-state index in [-0.39, 0.29) is 40.9 Å². The lowest BCUT2D eigenvalue weighted by molar-refractivity contribution is 0.187. The summed E-state index contributed by atoms with van der Waals surface area (Å²) in [5.74, 6) is -0.103. The number of pyridine rings is 1. The van der Waals surface area contributed by atoms with Crippen molar-refractivity contribution in [2.45, 2.75) is 61.9 Å². The molecule has 2 fully saturated rings. The molecule has 0 radical (unpaired) electrons. The summed E-state index contributed by atoms with van der Waals surface area (Å²) in [6.45, 7) is 1.13. The standard InChI is InChI=1S/C24H30N4O4S/c29-22-12-11-21(26-24(30)25-19-7-3-1-4-8-19)23-18-13-17(15-28(22)23)14-27(16-18)33(31,32)20-9-5-2-6-10-20/h2,5-6,9-12,17-19H,1,3-4,7-8,13-16H2,(H2,25,26,30). The van der Waals surface area contributed by atoms with Gasteiger partial charge in [-0.2, -0.15) is 4.31 Å². The van der Waals surface area contributed by atoms with E-state index in [4.69, 9.17) is 0 Å². The molecule has 176 valence electrons. The Bertz CT molecular complexity index is 1190. The molecule has 2 amide bonds. The number of benzene rings is 1. The minimum Gasteiger partial charge on any atom is -0.335 e. The molecular formula is C24H30N4O4S. The lowest BCUT2D eigenvalue weighted by atomic mass is 9.83. The third-order valence-corrected chi connectivity index (χ3v) is 8.97. The first-order valence-electron chi connectivity index (χ1n) is 11.8. The maximum absolute atomic E-state index is 13.3. The Balaban J connectivity index is 1.40. The number of aromatic nitrogens is 1. The van der Waals surface area contributed by atoms with Crippen molar-refractivity contribution in [3.8, 4) is 0 Å². The number of carbonyl (C=O) groups is 1. The number of anilines is 1. The number of fused-ring (bicyclic) bond motifs is 4. The Morgan fingerprint density at radius 1 is 0.939 bits per heavy atom. The molecule has 5 rings (SSSR count). The van der Waals surface area contributed by atoms with E-state index >= 15 is 0 Å². The number of carbonyl (C=O) groups excluding carboxylic acids is 1. The lowest BCUT2D eigenvalue weighted by Gasteiger charge is -2.42. The first-order valence-corrected chi connectivity index (χ1v) is 13.2. The summed E-state index contributed by atoms with van der Waals surface area (Å²) in [5.41, 5.74) is 1.20. The number of nitrogens with zero attached hydrogens (tertiary/aromatic N) is 2. The van der Waals surface area contributed by atoms with Crippen LogP contribution in [0.25, 0.3) is 0 Å². The summed E-state index contributed by atoms with van der Waals surface area (Å²) in [7, 11) is -3.63. The van der Waals surface area contributed by atoms with Crippen molar-refractivity contribution in [2.75, 3.05) is 18.4 Å². The normalized spacial score (nSPS) is 23.5. The van der Waals surface area contributed by atoms with Crippen LogP contribution in [0.4, 0.5) is 10.5 Å². The highest BCUT2D eigenvalue weighted by atomic mass is 32.2. The highest BCUT2D eigenvalue weighted by Crippen LogP contribution is 2.40. The van der Waals surface area contributed by atoms with Crippen LogP contribution in [-0.4, -0.2) is 42.5 Å². The minimum atomic E-state index is -3.63. The first-order chi connectivity index (χ1) is 15.9. The van der Waals surface area contributed by atoms with Crippen LogP contribution in [0.2, 0.25) is 0 Å². The molecule has 9 heteroatoms. The zero-order valence-corrected chi connectivity index (χ0v) is 19.4. The molecule has 1 aromatic heterocycles. The van der Waals surface area contributed by atoms with Crippen LogP contribution in [0, 0.1) is 5.92 Å². The average molecular weight is 471 g/mol. The van der Waals surface area contributed by atoms with Gasteiger partial charge < -0.3 is 15.2 Å². The minimum absolute atomic E-state index is 0.0544. The Kier molecular flexibility index (Phi) is 6.01. The molecule has 0 spiro atoms. The molecule has 2 aromatic rings. The Hall–Kier alpha value is -2.65. The highest BCUT2D eigenvalue weighted by molar-refractivity contribution is 7.89. The van der Waals surface area contributed by atoms with E-state index in [1.54, 1.807) is 41.0 Å². The fourth-order valence-corrected chi connectivity index (χ4v) is 7.19. The summed E-state index contributed by atoms with van der Waals surface area (Å²) in [4.78, 5) is 25.6. The van der Waals surface area contributed by atoms with Crippen molar-refractivity contribution in [3.63, 3.8) is 0 Å². The molecule has 1 aromatic carbocycles. The number of rotatable bonds is 4. The van der Waals surface area contributed by atoms with Gasteiger partial charge >= 0.3 is 6.03 Å². The van der Waals surface area contributed by atoms with E-state index < -0.39 is 10.0 Å². The van der Waals surface area contributed by atoms with Crippen molar-refractivity contribution < 1.29 is 13.2 Å². The lowest BCUT2D eigenvalue weighted by Crippen LogP contribution is -2.49. The highest BCUT2D eigenvalue weighted by Gasteiger charge is 2.40. The molecule has 33 heavy (non-hydrogen) atoms. The first kappa shape index (κ1) is 22.2. The largest absolute Gasteiger partial charge is 0.335 e. The van der Waals surface area contributed by atoms with Gasteiger partial charge in [0.05, 0.1) is 10.6 Å². The smallest absolute Gasteiger partial charge is 0.319 e. The van der Waals surface area contributed by atoms with E-state index in [1.807, 2.05) is 0 Å². The molecule has 2 bridgehead atoms. The van der Waals surface area contributed by atoms with Gasteiger partial charge in [-0.05, 0) is 43.4 Å². The summed E-state index contributed by atoms with van der Waals surface area (Å²) >= 11 is 0. The van der Waals surface area contributed by atoms with Crippen molar-refractivity contribution >= 4 is 21.7 Å². The van der Waals surface area contributed by atoms with E-state index in [0.29, 0.717) is 18.8 Å². The molecule has 2 N–H and O–H groups in total. The van der Waals surface area contributed by atoms with Gasteiger partial charge in [0, 0.05) is 43.4 Å². The van der Waals surface area contributed by atoms with E-state index in [9.17, 15) is 18.0 Å². The Morgan fingerprint density at radius 3 is 2.45 bits per heavy atom. The quantitative estimate of drug-likeness (QED) is 0.717. The van der Waals surface area contributed by atoms with E-state index in [1.165, 1.54) is 16.8 Å². The number of piperidine rings is 1. The topological polar surface area (TPSA) is 101 Å². The molecule has 1 saturated heterocycles. The second-order valence-electron chi connectivity index (χ2n) is 9.45. The predicted molar refractivity (Wildman–Crippen MR) is 126 cm³/mol. The van der Waals surface area contributed by atoms with E-state index in [2.05, 4.69) is 10.6 Å². The number of urea groups is 1. The fraction of sp³-hybridized carbons (Fsp3) is 0.500. The SMILES string of the molecule is O=C(Nc1ccc(=O)n2c1C1CC(CN(S(=O)(=O)c3ccccc3)C1)C2)NC1CCCCC1. The maximum atomic E-state index is 13.3. The number of amides is 2. The van der Waals surface area contributed by atoms with Gasteiger partial charge in [-0.25, -0.2) is 13.2 Å². The zero-order valence-electron chi connectivity index (χ0n) is 18.6. The second-order valence-corrected chi connectivity index (χ2v) is 11.4. The summed E-state index contributed by atoms with van der Waals surface area (Å²) in [5, 5.41) is 6.01. The molecule has 1 saturated carbocycles. The summed E-state index contributed by atoms with van der Waals surface area (Å²) in [6.07, 6.45) is 6.21. The van der Waals surface area contributed by atoms with Gasteiger partial charge in [0.2, 0.25) is 10.0 Å². The summed E-state index contributed by atoms with van der Waals surface area (Å²) in [6, 6.07) is 11.5. The molecular weight excluding hydrogens is 440 g/mol. The van der Waals surface area contributed by atoms with Crippen LogP contribution in [0.5, 0.6) is 0 Å². The number of hydrogen-bond donors (Lipinski definition) is 2. The van der Waals surface area contributed by atoms with Gasteiger partial charge in [0.25, 0.3) is 5.56 Å². The second kappa shape index (κ2) is 8.95. The zero-order chi connectivity index (χ0) is 23.0. The molecule has 2 unspecified atom stereocenters. The Morgan fingerprint density at radius 2 is 1.70 bits per heavy atom. The van der Waals surface area contributed by atoms with Crippen LogP contribution < -0.4 is 16.2 Å². The Labute approximate surface area is 194 Å². The number of sulfonamides is 1. The third kappa shape index (κ3) is 4.44. The van der Waals surface area contributed by atoms with Crippen molar-refractivity contribution in [3.05, 3.63) is 58.5 Å². The monoisotopic (exact) mass is 470 g/mol. The molecule has 1 aliphatic carbocycles. The van der Waals surface area contributed by atoms with E-state index in [0.717, 1.165) is 37.8 Å². The van der Waals surface area contributed by atoms with Crippen LogP contribution in [0.15, 0.2) is 52.2 Å². The molecule has 2 aliphatic heterocycles. The van der Waals surface area contributed by atoms with Crippen molar-refractivity contribution in [1.29, 1.82) is 0 Å². The fourth-order valence-electron chi connectivity index (χ4n) is 5.61. The van der Waals surface area contributed by atoms with Crippen LogP contribution in [-0.2, 0) is 16.6 Å². The number of hydrogen-bond acceptors (Lipinski definition) is 4. The maximum Gasteiger partial charge on any atom is 0.319 e. The summed E-state index contributed by atoms with van der Waals surface area (Å²) < 4.78 is 29.8. The van der Waals surface area contributed by atoms with Gasteiger partial charge in [-0.15, -0.1) is 0 Å². The van der Waals surface area contributed by atoms with Crippen LogP contribution in [0.3, 0.4) is 0 Å². The number of nitrogens with one attached hydrogen (secondary N) is 2. The predicted octanol–water partition coefficient (Wildman–Crippen LogP) is 3.11. The van der Waals surface area contributed by atoms with Gasteiger partial charge in [0.15, 0.2) is 0 Å². The van der Waals surface area contributed by atoms with Gasteiger partial charge in [0.1, 0.15) is 0 Å².